The summed E-state index contributed by atoms with van der Waals surface area (Å²) in [7, 11) is -1.47. The monoisotopic (exact) mass is 331 g/mol. The van der Waals surface area contributed by atoms with E-state index in [2.05, 4.69) is 12.2 Å². The van der Waals surface area contributed by atoms with Gasteiger partial charge in [0.1, 0.15) is 4.90 Å². The fourth-order valence-electron chi connectivity index (χ4n) is 2.49. The minimum Gasteiger partial charge on any atom is -0.352 e. The van der Waals surface area contributed by atoms with Gasteiger partial charge in [0, 0.05) is 49.6 Å². The lowest BCUT2D eigenvalue weighted by Gasteiger charge is -2.31. The highest BCUT2D eigenvalue weighted by Crippen LogP contribution is 2.25. The van der Waals surface area contributed by atoms with Gasteiger partial charge in [-0.1, -0.05) is 6.92 Å². The third-order valence-corrected chi connectivity index (χ3v) is 6.90. The van der Waals surface area contributed by atoms with Crippen LogP contribution in [-0.2, 0) is 23.6 Å². The molecule has 21 heavy (non-hydrogen) atoms. The summed E-state index contributed by atoms with van der Waals surface area (Å²) in [6.45, 7) is 6.34. The average molecular weight is 332 g/mol. The Labute approximate surface area is 132 Å². The van der Waals surface area contributed by atoms with Crippen molar-refractivity contribution in [1.82, 2.24) is 14.2 Å². The molecule has 0 radical (unpaired) electrons. The first kappa shape index (κ1) is 16.9. The maximum absolute atomic E-state index is 12.8. The molecule has 2 rings (SSSR count). The number of thioether (sulfide) groups is 1. The van der Waals surface area contributed by atoms with Gasteiger partial charge in [0.2, 0.25) is 10.0 Å². The summed E-state index contributed by atoms with van der Waals surface area (Å²) in [5.41, 5.74) is 1.00. The summed E-state index contributed by atoms with van der Waals surface area (Å²) in [4.78, 5) is 0.414. The van der Waals surface area contributed by atoms with E-state index in [4.69, 9.17) is 0 Å². The van der Waals surface area contributed by atoms with E-state index in [0.29, 0.717) is 18.0 Å². The van der Waals surface area contributed by atoms with Crippen molar-refractivity contribution in [3.8, 4) is 0 Å². The molecule has 7 heteroatoms. The Morgan fingerprint density at radius 3 is 2.90 bits per heavy atom. The van der Waals surface area contributed by atoms with E-state index < -0.39 is 10.0 Å². The first-order chi connectivity index (χ1) is 9.96. The van der Waals surface area contributed by atoms with E-state index in [1.165, 1.54) is 0 Å². The lowest BCUT2D eigenvalue weighted by atomic mass is 10.4. The lowest BCUT2D eigenvalue weighted by Crippen LogP contribution is -2.44. The standard InChI is InChI=1S/C14H25N3O2S2/c1-4-5-15-9-13-8-14(10-16(13)3)21(18,19)17-6-7-20-11-12(17)2/h8,10,12,15H,4-7,9,11H2,1-3H3. The first-order valence-electron chi connectivity index (χ1n) is 7.42. The molecule has 2 heterocycles. The maximum atomic E-state index is 12.8. The zero-order valence-electron chi connectivity index (χ0n) is 13.0. The Morgan fingerprint density at radius 1 is 1.48 bits per heavy atom. The topological polar surface area (TPSA) is 54.3 Å². The van der Waals surface area contributed by atoms with Crippen LogP contribution < -0.4 is 5.32 Å². The fraction of sp³-hybridized carbons (Fsp3) is 0.714. The highest BCUT2D eigenvalue weighted by atomic mass is 32.2. The molecule has 0 aliphatic carbocycles. The smallest absolute Gasteiger partial charge is 0.244 e. The summed E-state index contributed by atoms with van der Waals surface area (Å²) in [6.07, 6.45) is 2.80. The minimum absolute atomic E-state index is 0.0654. The SMILES string of the molecule is CCCNCc1cc(S(=O)(=O)N2CCSCC2C)cn1C. The second kappa shape index (κ2) is 7.17. The molecule has 0 saturated carbocycles. The average Bonchev–Trinajstić information content (AvgIpc) is 2.82. The maximum Gasteiger partial charge on any atom is 0.244 e. The van der Waals surface area contributed by atoms with Crippen molar-refractivity contribution in [1.29, 1.82) is 0 Å². The Balaban J connectivity index is 2.18. The molecule has 0 spiro atoms. The molecule has 1 aromatic rings. The molecule has 1 N–H and O–H groups in total. The van der Waals surface area contributed by atoms with Crippen LogP contribution in [0.25, 0.3) is 0 Å². The second-order valence-electron chi connectivity index (χ2n) is 5.49. The number of sulfonamides is 1. The van der Waals surface area contributed by atoms with Crippen LogP contribution in [0, 0.1) is 0 Å². The van der Waals surface area contributed by atoms with Gasteiger partial charge >= 0.3 is 0 Å². The van der Waals surface area contributed by atoms with Gasteiger partial charge in [-0.05, 0) is 26.0 Å². The van der Waals surface area contributed by atoms with Crippen molar-refractivity contribution in [2.45, 2.75) is 37.8 Å². The third-order valence-electron chi connectivity index (χ3n) is 3.73. The quantitative estimate of drug-likeness (QED) is 0.806. The number of aryl methyl sites for hydroxylation is 1. The molecular formula is C14H25N3O2S2. The zero-order chi connectivity index (χ0) is 15.5. The van der Waals surface area contributed by atoms with E-state index in [0.717, 1.165) is 30.2 Å². The predicted octanol–water partition coefficient (Wildman–Crippen LogP) is 1.65. The van der Waals surface area contributed by atoms with E-state index in [1.807, 2.05) is 30.3 Å². The summed E-state index contributed by atoms with van der Waals surface area (Å²) >= 11 is 1.82. The highest BCUT2D eigenvalue weighted by molar-refractivity contribution is 7.99. The first-order valence-corrected chi connectivity index (χ1v) is 10.0. The van der Waals surface area contributed by atoms with Crippen molar-refractivity contribution < 1.29 is 8.42 Å². The number of hydrogen-bond acceptors (Lipinski definition) is 4. The number of nitrogens with one attached hydrogen (secondary N) is 1. The molecule has 120 valence electrons. The Morgan fingerprint density at radius 2 is 2.24 bits per heavy atom. The van der Waals surface area contributed by atoms with Crippen LogP contribution in [0.3, 0.4) is 0 Å². The molecule has 1 aliphatic heterocycles. The summed E-state index contributed by atoms with van der Waals surface area (Å²) < 4.78 is 29.1. The molecule has 1 aliphatic rings. The molecule has 1 unspecified atom stereocenters. The number of aromatic nitrogens is 1. The molecule has 0 amide bonds. The molecule has 1 fully saturated rings. The van der Waals surface area contributed by atoms with Gasteiger partial charge in [-0.3, -0.25) is 0 Å². The summed E-state index contributed by atoms with van der Waals surface area (Å²) in [5.74, 6) is 1.75. The number of nitrogens with zero attached hydrogens (tertiary/aromatic N) is 2. The van der Waals surface area contributed by atoms with Crippen LogP contribution in [0.1, 0.15) is 26.0 Å². The predicted molar refractivity (Wildman–Crippen MR) is 88.1 cm³/mol. The van der Waals surface area contributed by atoms with E-state index in [-0.39, 0.29) is 6.04 Å². The van der Waals surface area contributed by atoms with Crippen molar-refractivity contribution in [2.24, 2.45) is 7.05 Å². The lowest BCUT2D eigenvalue weighted by molar-refractivity contribution is 0.367. The largest absolute Gasteiger partial charge is 0.352 e. The van der Waals surface area contributed by atoms with E-state index in [1.54, 1.807) is 16.6 Å². The summed E-state index contributed by atoms with van der Waals surface area (Å²) in [5, 5.41) is 3.31. The third kappa shape index (κ3) is 3.83. The van der Waals surface area contributed by atoms with Gasteiger partial charge in [0.15, 0.2) is 0 Å². The number of hydrogen-bond donors (Lipinski definition) is 1. The minimum atomic E-state index is -3.37. The van der Waals surface area contributed by atoms with Crippen LogP contribution in [-0.4, -0.2) is 47.9 Å². The fourth-order valence-corrected chi connectivity index (χ4v) is 5.44. The molecule has 1 aromatic heterocycles. The molecule has 5 nitrogen and oxygen atoms in total. The van der Waals surface area contributed by atoms with Crippen LogP contribution in [0.2, 0.25) is 0 Å². The number of rotatable bonds is 6. The molecule has 0 bridgehead atoms. The molecule has 1 atom stereocenters. The van der Waals surface area contributed by atoms with Crippen molar-refractivity contribution in [3.63, 3.8) is 0 Å². The summed E-state index contributed by atoms with van der Waals surface area (Å²) in [6, 6.07) is 1.86. The Kier molecular flexibility index (Phi) is 5.76. The Bertz CT molecular complexity index is 569. The normalized spacial score (nSPS) is 20.8. The van der Waals surface area contributed by atoms with E-state index >= 15 is 0 Å². The Hall–Kier alpha value is -0.500. The van der Waals surface area contributed by atoms with Gasteiger partial charge in [0.25, 0.3) is 0 Å². The van der Waals surface area contributed by atoms with Crippen molar-refractivity contribution in [3.05, 3.63) is 18.0 Å². The van der Waals surface area contributed by atoms with Gasteiger partial charge in [-0.25, -0.2) is 8.42 Å². The van der Waals surface area contributed by atoms with Gasteiger partial charge in [-0.15, -0.1) is 0 Å². The van der Waals surface area contributed by atoms with Gasteiger partial charge in [0.05, 0.1) is 0 Å². The molecular weight excluding hydrogens is 306 g/mol. The zero-order valence-corrected chi connectivity index (χ0v) is 14.6. The van der Waals surface area contributed by atoms with Crippen LogP contribution >= 0.6 is 11.8 Å². The van der Waals surface area contributed by atoms with Gasteiger partial charge in [-0.2, -0.15) is 16.1 Å². The van der Waals surface area contributed by atoms with Crippen LogP contribution in [0.5, 0.6) is 0 Å². The van der Waals surface area contributed by atoms with Crippen LogP contribution in [0.4, 0.5) is 0 Å². The molecule has 0 aromatic carbocycles. The van der Waals surface area contributed by atoms with E-state index in [9.17, 15) is 8.42 Å². The highest BCUT2D eigenvalue weighted by Gasteiger charge is 2.32. The molecule has 1 saturated heterocycles. The second-order valence-corrected chi connectivity index (χ2v) is 8.53. The van der Waals surface area contributed by atoms with Gasteiger partial charge < -0.3 is 9.88 Å². The van der Waals surface area contributed by atoms with Crippen molar-refractivity contribution >= 4 is 21.8 Å². The van der Waals surface area contributed by atoms with Crippen molar-refractivity contribution in [2.75, 3.05) is 24.6 Å². The van der Waals surface area contributed by atoms with Crippen LogP contribution in [0.15, 0.2) is 17.2 Å².